The van der Waals surface area contributed by atoms with Gasteiger partial charge in [0.15, 0.2) is 11.5 Å². The zero-order valence-electron chi connectivity index (χ0n) is 17.3. The van der Waals surface area contributed by atoms with Crippen LogP contribution in [0.2, 0.25) is 0 Å². The van der Waals surface area contributed by atoms with E-state index >= 15 is 0 Å². The molecule has 31 heavy (non-hydrogen) atoms. The third-order valence-corrected chi connectivity index (χ3v) is 7.32. The van der Waals surface area contributed by atoms with Crippen molar-refractivity contribution in [3.63, 3.8) is 0 Å². The number of H-pyrrole nitrogens is 1. The fourth-order valence-corrected chi connectivity index (χ4v) is 5.03. The molecule has 3 aromatic rings. The molecular weight excluding hydrogens is 420 g/mol. The normalized spacial score (nSPS) is 13.7. The van der Waals surface area contributed by atoms with E-state index in [-0.39, 0.29) is 30.2 Å². The van der Waals surface area contributed by atoms with Gasteiger partial charge in [-0.3, -0.25) is 4.79 Å². The van der Waals surface area contributed by atoms with Gasteiger partial charge in [-0.1, -0.05) is 12.1 Å². The molecule has 4 rings (SSSR count). The number of pyridine rings is 1. The van der Waals surface area contributed by atoms with Crippen LogP contribution in [0.5, 0.6) is 11.5 Å². The summed E-state index contributed by atoms with van der Waals surface area (Å²) in [5, 5.41) is 10.3. The second kappa shape index (κ2) is 8.33. The highest BCUT2D eigenvalue weighted by Gasteiger charge is 2.27. The van der Waals surface area contributed by atoms with Gasteiger partial charge in [-0.2, -0.15) is 4.31 Å². The Kier molecular flexibility index (Phi) is 5.74. The van der Waals surface area contributed by atoms with Crippen molar-refractivity contribution < 1.29 is 23.0 Å². The molecule has 0 aliphatic carbocycles. The number of nitrogens with zero attached hydrogens (tertiary/aromatic N) is 1. The average Bonchev–Trinajstić information content (AvgIpc) is 2.76. The molecule has 0 amide bonds. The molecule has 0 bridgehead atoms. The number of aromatic amines is 1. The Morgan fingerprint density at radius 3 is 2.55 bits per heavy atom. The van der Waals surface area contributed by atoms with Crippen molar-refractivity contribution in [3.05, 3.63) is 63.4 Å². The summed E-state index contributed by atoms with van der Waals surface area (Å²) in [5.41, 5.74) is 2.69. The van der Waals surface area contributed by atoms with Crippen molar-refractivity contribution in [1.29, 1.82) is 0 Å². The first-order valence-corrected chi connectivity index (χ1v) is 11.4. The van der Waals surface area contributed by atoms with E-state index in [1.54, 1.807) is 12.1 Å². The third-order valence-electron chi connectivity index (χ3n) is 5.48. The smallest absolute Gasteiger partial charge is 0.252 e. The highest BCUT2D eigenvalue weighted by Crippen LogP contribution is 2.33. The number of ether oxygens (including phenoxy) is 2. The van der Waals surface area contributed by atoms with Gasteiger partial charge in [-0.15, -0.1) is 0 Å². The zero-order chi connectivity index (χ0) is 22.2. The number of hydrogen-bond donors (Lipinski definition) is 2. The Balaban J connectivity index is 1.72. The van der Waals surface area contributed by atoms with E-state index in [9.17, 15) is 18.3 Å². The lowest BCUT2D eigenvalue weighted by Crippen LogP contribution is -2.35. The minimum atomic E-state index is -3.99. The van der Waals surface area contributed by atoms with Crippen LogP contribution in [0.15, 0.2) is 46.1 Å². The first kappa shape index (κ1) is 21.4. The molecule has 0 atom stereocenters. The van der Waals surface area contributed by atoms with Crippen molar-refractivity contribution in [2.75, 3.05) is 26.4 Å². The molecule has 164 valence electrons. The Morgan fingerprint density at radius 2 is 1.81 bits per heavy atom. The predicted octanol–water partition coefficient (Wildman–Crippen LogP) is 2.10. The van der Waals surface area contributed by atoms with Crippen LogP contribution in [0, 0.1) is 13.8 Å². The van der Waals surface area contributed by atoms with E-state index in [1.807, 2.05) is 26.0 Å². The number of aryl methyl sites for hydroxylation is 2. The summed E-state index contributed by atoms with van der Waals surface area (Å²) in [5.74, 6) is 0.834. The van der Waals surface area contributed by atoms with Crippen LogP contribution in [0.25, 0.3) is 10.9 Å². The van der Waals surface area contributed by atoms with Gasteiger partial charge in [0.1, 0.15) is 13.2 Å². The number of rotatable bonds is 6. The largest absolute Gasteiger partial charge is 0.486 e. The molecule has 0 unspecified atom stereocenters. The maximum absolute atomic E-state index is 13.3. The number of fused-ring (bicyclic) bond motifs is 2. The second-order valence-corrected chi connectivity index (χ2v) is 9.40. The van der Waals surface area contributed by atoms with Crippen molar-refractivity contribution in [3.8, 4) is 11.5 Å². The first-order chi connectivity index (χ1) is 14.8. The van der Waals surface area contributed by atoms with E-state index < -0.39 is 10.0 Å². The van der Waals surface area contributed by atoms with Crippen molar-refractivity contribution in [1.82, 2.24) is 9.29 Å². The number of nitrogens with one attached hydrogen (secondary N) is 1. The predicted molar refractivity (Wildman–Crippen MR) is 116 cm³/mol. The summed E-state index contributed by atoms with van der Waals surface area (Å²) in [7, 11) is -3.99. The highest BCUT2D eigenvalue weighted by atomic mass is 32.2. The topological polar surface area (TPSA) is 109 Å². The summed E-state index contributed by atoms with van der Waals surface area (Å²) in [6, 6.07) is 9.94. The lowest BCUT2D eigenvalue weighted by atomic mass is 10.0. The van der Waals surface area contributed by atoms with Crippen LogP contribution in [0.1, 0.15) is 16.7 Å². The zero-order valence-corrected chi connectivity index (χ0v) is 18.2. The molecule has 0 spiro atoms. The Hall–Kier alpha value is -2.88. The molecule has 0 saturated heterocycles. The summed E-state index contributed by atoms with van der Waals surface area (Å²) in [6.07, 6.45) is 0. The second-order valence-electron chi connectivity index (χ2n) is 7.46. The molecule has 1 aliphatic heterocycles. The molecule has 0 radical (unpaired) electrons. The fourth-order valence-electron chi connectivity index (χ4n) is 3.61. The van der Waals surface area contributed by atoms with E-state index in [2.05, 4.69) is 4.98 Å². The number of sulfonamides is 1. The minimum absolute atomic E-state index is 0.00823. The van der Waals surface area contributed by atoms with Crippen molar-refractivity contribution in [2.24, 2.45) is 0 Å². The van der Waals surface area contributed by atoms with Gasteiger partial charge in [0.05, 0.1) is 17.0 Å². The van der Waals surface area contributed by atoms with E-state index in [0.29, 0.717) is 30.3 Å². The van der Waals surface area contributed by atoms with Crippen LogP contribution in [-0.2, 0) is 16.6 Å². The summed E-state index contributed by atoms with van der Waals surface area (Å²) >= 11 is 0. The van der Waals surface area contributed by atoms with Gasteiger partial charge >= 0.3 is 0 Å². The Labute approximate surface area is 180 Å². The van der Waals surface area contributed by atoms with Crippen LogP contribution < -0.4 is 15.0 Å². The maximum atomic E-state index is 13.3. The highest BCUT2D eigenvalue weighted by molar-refractivity contribution is 7.89. The van der Waals surface area contributed by atoms with Crippen LogP contribution in [0.3, 0.4) is 0 Å². The summed E-state index contributed by atoms with van der Waals surface area (Å²) in [6.45, 7) is 3.92. The van der Waals surface area contributed by atoms with Gasteiger partial charge < -0.3 is 19.6 Å². The standard InChI is InChI=1S/C22H24N2O6S/c1-14-3-4-16-11-17(22(26)23-21(16)15(14)2)13-24(7-8-25)31(27,28)18-5-6-19-20(12-18)30-10-9-29-19/h3-6,11-12,25H,7-10,13H2,1-2H3,(H,23,26). The molecular formula is C22H24N2O6S. The summed E-state index contributed by atoms with van der Waals surface area (Å²) in [4.78, 5) is 15.6. The van der Waals surface area contributed by atoms with Crippen LogP contribution >= 0.6 is 0 Å². The first-order valence-electron chi connectivity index (χ1n) is 9.94. The molecule has 1 aromatic heterocycles. The molecule has 0 saturated carbocycles. The third kappa shape index (κ3) is 4.04. The molecule has 9 heteroatoms. The SMILES string of the molecule is Cc1ccc2cc(CN(CCO)S(=O)(=O)c3ccc4c(c3)OCCO4)c(=O)[nH]c2c1C. The summed E-state index contributed by atoms with van der Waals surface area (Å²) < 4.78 is 38.6. The molecule has 8 nitrogen and oxygen atoms in total. The fraction of sp³-hybridized carbons (Fsp3) is 0.318. The van der Waals surface area contributed by atoms with Gasteiger partial charge in [-0.05, 0) is 48.6 Å². The molecule has 2 heterocycles. The molecule has 1 aliphatic rings. The van der Waals surface area contributed by atoms with Gasteiger partial charge in [0.25, 0.3) is 5.56 Å². The molecule has 2 N–H and O–H groups in total. The number of aromatic nitrogens is 1. The van der Waals surface area contributed by atoms with E-state index in [0.717, 1.165) is 26.3 Å². The number of aliphatic hydroxyl groups excluding tert-OH is 1. The van der Waals surface area contributed by atoms with E-state index in [4.69, 9.17) is 9.47 Å². The van der Waals surface area contributed by atoms with Crippen LogP contribution in [0.4, 0.5) is 0 Å². The number of aliphatic hydroxyl groups is 1. The number of benzene rings is 2. The Morgan fingerprint density at radius 1 is 1.06 bits per heavy atom. The monoisotopic (exact) mass is 444 g/mol. The van der Waals surface area contributed by atoms with Gasteiger partial charge in [0, 0.05) is 24.7 Å². The molecule has 0 fully saturated rings. The van der Waals surface area contributed by atoms with Crippen molar-refractivity contribution >= 4 is 20.9 Å². The lowest BCUT2D eigenvalue weighted by molar-refractivity contribution is 0.171. The van der Waals surface area contributed by atoms with Crippen LogP contribution in [-0.4, -0.2) is 49.2 Å². The van der Waals surface area contributed by atoms with Gasteiger partial charge in [0.2, 0.25) is 10.0 Å². The quantitative estimate of drug-likeness (QED) is 0.603. The number of hydrogen-bond acceptors (Lipinski definition) is 6. The lowest BCUT2D eigenvalue weighted by Gasteiger charge is -2.23. The van der Waals surface area contributed by atoms with E-state index in [1.165, 1.54) is 12.1 Å². The average molecular weight is 445 g/mol. The van der Waals surface area contributed by atoms with Crippen molar-refractivity contribution in [2.45, 2.75) is 25.3 Å². The molecule has 2 aromatic carbocycles. The maximum Gasteiger partial charge on any atom is 0.252 e. The van der Waals surface area contributed by atoms with Gasteiger partial charge in [-0.25, -0.2) is 8.42 Å². The minimum Gasteiger partial charge on any atom is -0.486 e. The Bertz CT molecular complexity index is 1300.